The maximum atomic E-state index is 13.8. The number of nitrogens with one attached hydrogen (secondary N) is 2. The van der Waals surface area contributed by atoms with E-state index < -0.39 is 0 Å². The Bertz CT molecular complexity index is 1380. The summed E-state index contributed by atoms with van der Waals surface area (Å²) in [5.41, 5.74) is 7.87. The molecule has 0 heterocycles. The van der Waals surface area contributed by atoms with Gasteiger partial charge in [-0.1, -0.05) is 175 Å². The number of fused-ring (bicyclic) bond motifs is 5. The largest absolute Gasteiger partial charge is 0.446 e. The first-order valence-electron chi connectivity index (χ1n) is 28.3. The molecule has 8 nitrogen and oxygen atoms in total. The summed E-state index contributed by atoms with van der Waals surface area (Å²) in [6.45, 7) is 17.0. The van der Waals surface area contributed by atoms with Crippen molar-refractivity contribution in [2.24, 2.45) is 52.1 Å². The summed E-state index contributed by atoms with van der Waals surface area (Å²) >= 11 is 0. The highest BCUT2D eigenvalue weighted by Crippen LogP contribution is 2.67. The van der Waals surface area contributed by atoms with Gasteiger partial charge in [-0.15, -0.1) is 0 Å². The second-order valence-electron chi connectivity index (χ2n) is 22.9. The van der Waals surface area contributed by atoms with Crippen LogP contribution < -0.4 is 16.4 Å². The van der Waals surface area contributed by atoms with Crippen LogP contribution in [0, 0.1) is 46.3 Å². The van der Waals surface area contributed by atoms with Crippen LogP contribution in [0.3, 0.4) is 0 Å². The predicted octanol–water partition coefficient (Wildman–Crippen LogP) is 14.2. The van der Waals surface area contributed by atoms with Crippen molar-refractivity contribution in [3.05, 3.63) is 11.6 Å². The summed E-state index contributed by atoms with van der Waals surface area (Å²) in [6, 6.07) is 0. The molecule has 4 N–H and O–H groups in total. The number of hydrogen-bond acceptors (Lipinski definition) is 5. The number of ether oxygens (including phenoxy) is 1. The van der Waals surface area contributed by atoms with Crippen LogP contribution in [-0.2, 0) is 14.3 Å². The molecule has 0 spiro atoms. The van der Waals surface area contributed by atoms with Crippen molar-refractivity contribution in [2.45, 2.75) is 253 Å². The van der Waals surface area contributed by atoms with Gasteiger partial charge in [0.1, 0.15) is 12.6 Å². The Hall–Kier alpha value is -2.09. The minimum absolute atomic E-state index is 0.00709. The Morgan fingerprint density at radius 3 is 1.98 bits per heavy atom. The molecule has 0 radical (unpaired) electrons. The molecule has 0 aliphatic heterocycles. The van der Waals surface area contributed by atoms with Gasteiger partial charge in [-0.2, -0.15) is 0 Å². The SMILES string of the molecule is CCCCCCCCCCCCCCCCCC(=O)NCCCCCCN(CC(=O)NCCCN)C(=O)O[C@H]1CC[C@@]2(C)C(=CC[C@H]3[C@@H]4CC[C@H]([C@H](C)CCCC(C)C)[C@@]4(C)CC[C@@H]32)C1. The first kappa shape index (κ1) is 55.5. The monoisotopic (exact) mass is 909 g/mol. The molecule has 8 heteroatoms. The molecule has 4 aliphatic rings. The third-order valence-corrected chi connectivity index (χ3v) is 17.5. The number of nitrogens with two attached hydrogens (primary N) is 1. The van der Waals surface area contributed by atoms with Crippen molar-refractivity contribution in [3.63, 3.8) is 0 Å². The van der Waals surface area contributed by atoms with Crippen molar-refractivity contribution in [3.8, 4) is 0 Å². The van der Waals surface area contributed by atoms with Crippen molar-refractivity contribution < 1.29 is 19.1 Å². The average Bonchev–Trinajstić information content (AvgIpc) is 3.64. The number of nitrogens with zero attached hydrogens (tertiary/aromatic N) is 1. The van der Waals surface area contributed by atoms with Crippen molar-refractivity contribution >= 4 is 17.9 Å². The van der Waals surface area contributed by atoms with E-state index in [0.29, 0.717) is 44.4 Å². The zero-order valence-electron chi connectivity index (χ0n) is 43.4. The molecule has 4 rings (SSSR count). The molecule has 3 fully saturated rings. The summed E-state index contributed by atoms with van der Waals surface area (Å²) in [6.07, 6.45) is 40.6. The van der Waals surface area contributed by atoms with E-state index in [0.717, 1.165) is 93.3 Å². The van der Waals surface area contributed by atoms with E-state index in [-0.39, 0.29) is 36.0 Å². The van der Waals surface area contributed by atoms with Crippen LogP contribution in [0.15, 0.2) is 11.6 Å². The van der Waals surface area contributed by atoms with Crippen molar-refractivity contribution in [1.82, 2.24) is 15.5 Å². The Morgan fingerprint density at radius 2 is 1.32 bits per heavy atom. The summed E-state index contributed by atoms with van der Waals surface area (Å²) in [5.74, 6) is 4.85. The van der Waals surface area contributed by atoms with Gasteiger partial charge in [0, 0.05) is 32.5 Å². The third-order valence-electron chi connectivity index (χ3n) is 17.5. The molecular formula is C57H104N4O4. The number of rotatable bonds is 34. The minimum Gasteiger partial charge on any atom is -0.446 e. The zero-order valence-corrected chi connectivity index (χ0v) is 43.4. The third kappa shape index (κ3) is 18.4. The molecule has 0 bridgehead atoms. The molecule has 0 unspecified atom stereocenters. The molecule has 0 saturated heterocycles. The lowest BCUT2D eigenvalue weighted by atomic mass is 9.47. The molecule has 0 aromatic rings. The average molecular weight is 909 g/mol. The number of carbonyl (C=O) groups excluding carboxylic acids is 3. The van der Waals surface area contributed by atoms with Crippen LogP contribution in [0.4, 0.5) is 4.79 Å². The molecular weight excluding hydrogens is 805 g/mol. The first-order chi connectivity index (χ1) is 31.4. The molecule has 65 heavy (non-hydrogen) atoms. The van der Waals surface area contributed by atoms with Crippen LogP contribution >= 0.6 is 0 Å². The first-order valence-corrected chi connectivity index (χ1v) is 28.3. The summed E-state index contributed by atoms with van der Waals surface area (Å²) in [7, 11) is 0. The maximum Gasteiger partial charge on any atom is 0.410 e. The summed E-state index contributed by atoms with van der Waals surface area (Å²) in [4.78, 5) is 40.8. The molecule has 376 valence electrons. The van der Waals surface area contributed by atoms with Crippen LogP contribution in [0.1, 0.15) is 247 Å². The van der Waals surface area contributed by atoms with E-state index in [1.807, 2.05) is 0 Å². The smallest absolute Gasteiger partial charge is 0.410 e. The second-order valence-corrected chi connectivity index (χ2v) is 22.9. The molecule has 4 aliphatic carbocycles. The van der Waals surface area contributed by atoms with E-state index in [1.165, 1.54) is 140 Å². The fourth-order valence-corrected chi connectivity index (χ4v) is 13.5. The standard InChI is InChI=1S/C57H104N4O4/c1-7-8-9-10-11-12-13-14-15-16-17-18-19-20-23-30-53(62)59-40-24-21-22-25-42-61(44-54(63)60-41-27-39-58)55(64)65-48-35-37-56(5)47(43-48)31-32-49-51-34-33-50(46(4)29-26-28-45(2)3)57(51,6)38-36-52(49)56/h31,45-46,48-52H,7-30,32-44,58H2,1-6H3,(H,59,62)(H,60,63)/t46-,48+,49+,50-,51+,52+,56+,57-/m1/s1. The van der Waals surface area contributed by atoms with E-state index >= 15 is 0 Å². The number of hydrogen-bond donors (Lipinski definition) is 3. The van der Waals surface area contributed by atoms with Gasteiger partial charge < -0.3 is 21.1 Å². The van der Waals surface area contributed by atoms with Gasteiger partial charge in [-0.05, 0) is 124 Å². The Balaban J connectivity index is 1.12. The van der Waals surface area contributed by atoms with Gasteiger partial charge in [0.25, 0.3) is 0 Å². The molecule has 3 amide bonds. The van der Waals surface area contributed by atoms with E-state index in [1.54, 1.807) is 4.90 Å². The van der Waals surface area contributed by atoms with Crippen LogP contribution in [0.5, 0.6) is 0 Å². The fraction of sp³-hybridized carbons (Fsp3) is 0.912. The molecule has 0 aromatic carbocycles. The number of allylic oxidation sites excluding steroid dienone is 1. The quantitative estimate of drug-likeness (QED) is 0.0440. The van der Waals surface area contributed by atoms with Crippen LogP contribution in [0.25, 0.3) is 0 Å². The Morgan fingerprint density at radius 1 is 0.708 bits per heavy atom. The zero-order chi connectivity index (χ0) is 46.9. The van der Waals surface area contributed by atoms with Gasteiger partial charge in [0.05, 0.1) is 0 Å². The Kier molecular flexibility index (Phi) is 26.0. The van der Waals surface area contributed by atoms with Crippen LogP contribution in [-0.4, -0.2) is 61.6 Å². The van der Waals surface area contributed by atoms with Gasteiger partial charge in [-0.3, -0.25) is 14.5 Å². The highest BCUT2D eigenvalue weighted by Gasteiger charge is 2.59. The fourth-order valence-electron chi connectivity index (χ4n) is 13.5. The van der Waals surface area contributed by atoms with E-state index in [2.05, 4.69) is 58.3 Å². The number of carbonyl (C=O) groups is 3. The van der Waals surface area contributed by atoms with Gasteiger partial charge in [-0.25, -0.2) is 4.79 Å². The second kappa shape index (κ2) is 30.4. The maximum absolute atomic E-state index is 13.8. The van der Waals surface area contributed by atoms with Crippen molar-refractivity contribution in [2.75, 3.05) is 32.7 Å². The number of unbranched alkanes of at least 4 members (excludes halogenated alkanes) is 17. The van der Waals surface area contributed by atoms with Gasteiger partial charge in [0.15, 0.2) is 0 Å². The molecule has 0 aromatic heterocycles. The summed E-state index contributed by atoms with van der Waals surface area (Å²) in [5, 5.41) is 6.05. The van der Waals surface area contributed by atoms with E-state index in [4.69, 9.17) is 10.5 Å². The van der Waals surface area contributed by atoms with E-state index in [9.17, 15) is 14.4 Å². The molecule has 3 saturated carbocycles. The number of amides is 3. The molecule has 8 atom stereocenters. The predicted molar refractivity (Wildman–Crippen MR) is 273 cm³/mol. The Labute approximate surface area is 400 Å². The highest BCUT2D eigenvalue weighted by molar-refractivity contribution is 5.82. The minimum atomic E-state index is -0.360. The highest BCUT2D eigenvalue weighted by atomic mass is 16.6. The van der Waals surface area contributed by atoms with Gasteiger partial charge >= 0.3 is 6.09 Å². The lowest BCUT2D eigenvalue weighted by Crippen LogP contribution is -2.51. The topological polar surface area (TPSA) is 114 Å². The van der Waals surface area contributed by atoms with Crippen molar-refractivity contribution in [1.29, 1.82) is 0 Å². The van der Waals surface area contributed by atoms with Crippen LogP contribution in [0.2, 0.25) is 0 Å². The lowest BCUT2D eigenvalue weighted by Gasteiger charge is -2.58. The summed E-state index contributed by atoms with van der Waals surface area (Å²) < 4.78 is 6.30. The van der Waals surface area contributed by atoms with Gasteiger partial charge in [0.2, 0.25) is 11.8 Å². The normalized spacial score (nSPS) is 26.5. The lowest BCUT2D eigenvalue weighted by molar-refractivity contribution is -0.122.